The van der Waals surface area contributed by atoms with Crippen LogP contribution in [0.5, 0.6) is 0 Å². The van der Waals surface area contributed by atoms with Gasteiger partial charge in [-0.3, -0.25) is 0 Å². The number of carbonyl (C=O) groups is 1. The SMILES string of the molecule is CO[C@H]1C[C@@H](C[C@H]2CC[C@H](C)[C@H]([C@H](C)C(=O)[O-])O2)O[C@]2(O[C@](C)([C@H]3CC[C@](C)([C@@H]4O[C@@H]([C@H]5O[C@@](O)(CO)[C@H](C)C[C@@H]5C)C[C@@H]4C)O3)C[C@@H]2C)[C@@H]1C.[Na+]. The van der Waals surface area contributed by atoms with Gasteiger partial charge in [-0.1, -0.05) is 48.5 Å². The second-order valence-electron chi connectivity index (χ2n) is 18.4. The van der Waals surface area contributed by atoms with Gasteiger partial charge in [-0.25, -0.2) is 0 Å². The van der Waals surface area contributed by atoms with E-state index >= 15 is 0 Å². The molecule has 2 N–H and O–H groups in total. The Balaban J connectivity index is 0.00000523. The van der Waals surface area contributed by atoms with Gasteiger partial charge < -0.3 is 53.3 Å². The topological polar surface area (TPSA) is 145 Å². The molecular formula is C40H67NaO11. The Labute approximate surface area is 334 Å². The monoisotopic (exact) mass is 746 g/mol. The fourth-order valence-electron chi connectivity index (χ4n) is 11.3. The smallest absolute Gasteiger partial charge is 0.550 e. The first kappa shape index (κ1) is 43.2. The summed E-state index contributed by atoms with van der Waals surface area (Å²) in [5.74, 6) is -3.70. The van der Waals surface area contributed by atoms with Crippen molar-refractivity contribution in [3.63, 3.8) is 0 Å². The number of carboxylic acid groups (broad SMARTS) is 1. The maximum absolute atomic E-state index is 11.7. The molecule has 0 radical (unpaired) electrons. The van der Waals surface area contributed by atoms with Gasteiger partial charge in [-0.2, -0.15) is 0 Å². The number of rotatable bonds is 9. The average molecular weight is 747 g/mol. The van der Waals surface area contributed by atoms with Crippen LogP contribution in [0.4, 0.5) is 0 Å². The molecule has 0 aromatic carbocycles. The molecule has 52 heavy (non-hydrogen) atoms. The third kappa shape index (κ3) is 7.85. The first-order valence-electron chi connectivity index (χ1n) is 20.0. The number of carboxylic acids is 1. The van der Waals surface area contributed by atoms with Crippen LogP contribution in [-0.2, 0) is 38.0 Å². The summed E-state index contributed by atoms with van der Waals surface area (Å²) in [5.41, 5.74) is -1.11. The normalized spacial score (nSPS) is 53.2. The van der Waals surface area contributed by atoms with Crippen LogP contribution in [0.15, 0.2) is 0 Å². The van der Waals surface area contributed by atoms with E-state index in [1.165, 1.54) is 0 Å². The number of methoxy groups -OCH3 is 1. The van der Waals surface area contributed by atoms with Crippen molar-refractivity contribution in [3.8, 4) is 0 Å². The van der Waals surface area contributed by atoms with Crippen molar-refractivity contribution in [2.75, 3.05) is 13.7 Å². The Morgan fingerprint density at radius 2 is 1.60 bits per heavy atom. The van der Waals surface area contributed by atoms with Crippen molar-refractivity contribution in [3.05, 3.63) is 0 Å². The third-order valence-electron chi connectivity index (χ3n) is 14.4. The first-order valence-corrected chi connectivity index (χ1v) is 20.0. The molecule has 6 aliphatic heterocycles. The molecule has 0 aromatic rings. The van der Waals surface area contributed by atoms with Crippen LogP contribution >= 0.6 is 0 Å². The van der Waals surface area contributed by atoms with E-state index in [1.54, 1.807) is 14.0 Å². The molecule has 6 rings (SSSR count). The zero-order valence-electron chi connectivity index (χ0n) is 33.8. The molecule has 294 valence electrons. The Hall–Kier alpha value is 0.110. The van der Waals surface area contributed by atoms with Crippen LogP contribution in [0.2, 0.25) is 0 Å². The number of ether oxygens (including phenoxy) is 7. The molecule has 0 aliphatic carbocycles. The van der Waals surface area contributed by atoms with E-state index in [-0.39, 0.29) is 114 Å². The average Bonchev–Trinajstić information content (AvgIpc) is 3.75. The van der Waals surface area contributed by atoms with Gasteiger partial charge in [0.05, 0.1) is 66.6 Å². The summed E-state index contributed by atoms with van der Waals surface area (Å²) < 4.78 is 46.9. The van der Waals surface area contributed by atoms with Crippen molar-refractivity contribution in [2.24, 2.45) is 41.4 Å². The molecule has 6 fully saturated rings. The van der Waals surface area contributed by atoms with E-state index < -0.39 is 41.3 Å². The summed E-state index contributed by atoms with van der Waals surface area (Å²) in [6, 6.07) is 0. The molecule has 6 aliphatic rings. The molecule has 0 saturated carbocycles. The van der Waals surface area contributed by atoms with Gasteiger partial charge in [0, 0.05) is 49.6 Å². The molecule has 19 atom stereocenters. The molecular weight excluding hydrogens is 679 g/mol. The number of carbonyl (C=O) groups excluding carboxylic acids is 1. The van der Waals surface area contributed by atoms with E-state index in [9.17, 15) is 20.1 Å². The predicted molar refractivity (Wildman–Crippen MR) is 186 cm³/mol. The number of hydrogen-bond donors (Lipinski definition) is 2. The summed E-state index contributed by atoms with van der Waals surface area (Å²) in [5, 5.41) is 32.7. The van der Waals surface area contributed by atoms with Gasteiger partial charge >= 0.3 is 29.6 Å². The van der Waals surface area contributed by atoms with Crippen molar-refractivity contribution in [2.45, 2.75) is 192 Å². The van der Waals surface area contributed by atoms with Crippen molar-refractivity contribution in [1.29, 1.82) is 0 Å². The van der Waals surface area contributed by atoms with Gasteiger partial charge in [0.2, 0.25) is 0 Å². The first-order chi connectivity index (χ1) is 23.9. The Bertz CT molecular complexity index is 1240. The Morgan fingerprint density at radius 1 is 0.885 bits per heavy atom. The molecule has 0 unspecified atom stereocenters. The molecule has 0 bridgehead atoms. The second-order valence-corrected chi connectivity index (χ2v) is 18.4. The third-order valence-corrected chi connectivity index (χ3v) is 14.4. The van der Waals surface area contributed by atoms with Gasteiger partial charge in [0.1, 0.15) is 0 Å². The fourth-order valence-corrected chi connectivity index (χ4v) is 11.3. The van der Waals surface area contributed by atoms with Crippen LogP contribution < -0.4 is 34.7 Å². The number of hydrogen-bond acceptors (Lipinski definition) is 11. The van der Waals surface area contributed by atoms with Crippen molar-refractivity contribution < 1.29 is 82.8 Å². The zero-order valence-corrected chi connectivity index (χ0v) is 35.8. The van der Waals surface area contributed by atoms with Crippen LogP contribution in [0.3, 0.4) is 0 Å². The molecule has 6 heterocycles. The minimum Gasteiger partial charge on any atom is -0.550 e. The maximum Gasteiger partial charge on any atom is 1.00 e. The minimum atomic E-state index is -1.55. The van der Waals surface area contributed by atoms with E-state index in [1.807, 2.05) is 6.92 Å². The molecule has 12 heteroatoms. The van der Waals surface area contributed by atoms with Gasteiger partial charge in [-0.05, 0) is 76.5 Å². The Morgan fingerprint density at radius 3 is 2.25 bits per heavy atom. The van der Waals surface area contributed by atoms with Crippen molar-refractivity contribution >= 4 is 5.97 Å². The fraction of sp³-hybridized carbons (Fsp3) is 0.975. The number of aliphatic hydroxyl groups excluding tert-OH is 1. The number of aliphatic carboxylic acids is 1. The van der Waals surface area contributed by atoms with E-state index in [0.717, 1.165) is 51.4 Å². The van der Waals surface area contributed by atoms with E-state index in [2.05, 4.69) is 48.5 Å². The molecule has 6 saturated heterocycles. The molecule has 11 nitrogen and oxygen atoms in total. The van der Waals surface area contributed by atoms with E-state index in [0.29, 0.717) is 6.42 Å². The predicted octanol–water partition coefficient (Wildman–Crippen LogP) is 1.37. The molecule has 1 spiro atoms. The van der Waals surface area contributed by atoms with Gasteiger partial charge in [0.15, 0.2) is 11.6 Å². The van der Waals surface area contributed by atoms with Crippen LogP contribution in [0, 0.1) is 41.4 Å². The largest absolute Gasteiger partial charge is 1.00 e. The summed E-state index contributed by atoms with van der Waals surface area (Å²) in [7, 11) is 1.76. The second kappa shape index (κ2) is 16.2. The van der Waals surface area contributed by atoms with Gasteiger partial charge in [-0.15, -0.1) is 0 Å². The van der Waals surface area contributed by atoms with Gasteiger partial charge in [0.25, 0.3) is 0 Å². The molecule has 0 amide bonds. The Kier molecular flexibility index (Phi) is 13.4. The standard InChI is InChI=1S/C40H68O11.Na/c1-21-11-12-28(46-33(21)26(6)36(42)43)17-29-18-30(45-10)27(7)40(48-29)25(5)19-38(9,51-40)32-13-14-37(8,49-32)35-23(3)16-31(47-35)34-22(2)15-24(4)39(44,20-41)50-34;/h21-35,41,44H,11-20H2,1-10H3,(H,42,43);/q;+1/p-1/t21-,22-,23-,24+,25-,26-,27+,28+,29+,30-,31+,32+,33+,34-,35+,37+,38-,39-,40+;/m0./s1. The summed E-state index contributed by atoms with van der Waals surface area (Å²) in [4.78, 5) is 11.7. The van der Waals surface area contributed by atoms with E-state index in [4.69, 9.17) is 33.2 Å². The van der Waals surface area contributed by atoms with Crippen LogP contribution in [0.1, 0.15) is 120 Å². The quantitative estimate of drug-likeness (QED) is 0.331. The summed E-state index contributed by atoms with van der Waals surface area (Å²) >= 11 is 0. The molecule has 0 aromatic heterocycles. The zero-order chi connectivity index (χ0) is 37.3. The maximum atomic E-state index is 11.7. The minimum absolute atomic E-state index is 0. The summed E-state index contributed by atoms with van der Waals surface area (Å²) in [6.07, 6.45) is 5.62. The summed E-state index contributed by atoms with van der Waals surface area (Å²) in [6.45, 7) is 18.3. The van der Waals surface area contributed by atoms with Crippen LogP contribution in [0.25, 0.3) is 0 Å². The number of aliphatic hydroxyl groups is 2. The van der Waals surface area contributed by atoms with Crippen molar-refractivity contribution in [1.82, 2.24) is 0 Å². The van der Waals surface area contributed by atoms with Crippen LogP contribution in [-0.4, -0.2) is 102 Å².